The summed E-state index contributed by atoms with van der Waals surface area (Å²) in [5, 5.41) is 5.61. The summed E-state index contributed by atoms with van der Waals surface area (Å²) in [6, 6.07) is 19.1. The standard InChI is InChI=1S/C27H34N4O3/c1-5-24(20-11-8-7-9-12-20)26(32)31(19-23-13-10-16-34-23)18-21-17-22(29-27(33)28-6-2)14-15-25(21)30(3)4/h7-17,24H,5-6,18-19H2,1-4H3,(H2,28,29,33)/t24-/m1/s1. The highest BCUT2D eigenvalue weighted by Gasteiger charge is 2.26. The van der Waals surface area contributed by atoms with E-state index >= 15 is 0 Å². The number of hydrogen-bond donors (Lipinski definition) is 2. The Bertz CT molecular complexity index is 1060. The second-order valence-corrected chi connectivity index (χ2v) is 8.37. The van der Waals surface area contributed by atoms with E-state index in [9.17, 15) is 9.59 Å². The molecule has 0 saturated heterocycles. The van der Waals surface area contributed by atoms with Crippen LogP contribution < -0.4 is 15.5 Å². The molecule has 1 aromatic heterocycles. The summed E-state index contributed by atoms with van der Waals surface area (Å²) in [6.45, 7) is 5.17. The zero-order valence-corrected chi connectivity index (χ0v) is 20.4. The van der Waals surface area contributed by atoms with Crippen LogP contribution in [-0.2, 0) is 17.9 Å². The first-order valence-corrected chi connectivity index (χ1v) is 11.6. The molecule has 7 nitrogen and oxygen atoms in total. The Kier molecular flexibility index (Phi) is 8.73. The summed E-state index contributed by atoms with van der Waals surface area (Å²) in [5.74, 6) is 0.506. The van der Waals surface area contributed by atoms with Crippen molar-refractivity contribution in [1.29, 1.82) is 0 Å². The second kappa shape index (κ2) is 11.9. The fourth-order valence-electron chi connectivity index (χ4n) is 4.03. The Hall–Kier alpha value is -3.74. The van der Waals surface area contributed by atoms with Crippen LogP contribution in [-0.4, -0.2) is 37.5 Å². The number of carbonyl (C=O) groups is 2. The summed E-state index contributed by atoms with van der Waals surface area (Å²) in [5.41, 5.74) is 3.58. The summed E-state index contributed by atoms with van der Waals surface area (Å²) >= 11 is 0. The Morgan fingerprint density at radius 1 is 0.971 bits per heavy atom. The number of urea groups is 1. The summed E-state index contributed by atoms with van der Waals surface area (Å²) in [7, 11) is 3.93. The topological polar surface area (TPSA) is 77.8 Å². The molecule has 180 valence electrons. The van der Waals surface area contributed by atoms with E-state index in [1.54, 1.807) is 6.26 Å². The van der Waals surface area contributed by atoms with Crippen LogP contribution in [0.1, 0.15) is 43.1 Å². The van der Waals surface area contributed by atoms with Gasteiger partial charge in [-0.05, 0) is 54.8 Å². The van der Waals surface area contributed by atoms with E-state index < -0.39 is 0 Å². The Morgan fingerprint density at radius 2 is 1.74 bits per heavy atom. The second-order valence-electron chi connectivity index (χ2n) is 8.37. The highest BCUT2D eigenvalue weighted by molar-refractivity contribution is 5.89. The number of benzene rings is 2. The van der Waals surface area contributed by atoms with Gasteiger partial charge >= 0.3 is 6.03 Å². The quantitative estimate of drug-likeness (QED) is 0.434. The third-order valence-electron chi connectivity index (χ3n) is 5.66. The summed E-state index contributed by atoms with van der Waals surface area (Å²) in [6.07, 6.45) is 2.31. The van der Waals surface area contributed by atoms with Crippen LogP contribution in [0.4, 0.5) is 16.2 Å². The van der Waals surface area contributed by atoms with Gasteiger partial charge in [0.1, 0.15) is 5.76 Å². The minimum Gasteiger partial charge on any atom is -0.467 e. The SMILES string of the molecule is CCNC(=O)Nc1ccc(N(C)C)c(CN(Cc2ccco2)C(=O)[C@H](CC)c2ccccc2)c1. The molecule has 0 aliphatic rings. The van der Waals surface area contributed by atoms with E-state index in [0.29, 0.717) is 31.7 Å². The lowest BCUT2D eigenvalue weighted by molar-refractivity contribution is -0.134. The van der Waals surface area contributed by atoms with Gasteiger partial charge < -0.3 is 24.9 Å². The van der Waals surface area contributed by atoms with Crippen LogP contribution in [0.5, 0.6) is 0 Å². The molecule has 1 heterocycles. The Balaban J connectivity index is 1.95. The molecule has 0 saturated carbocycles. The zero-order valence-electron chi connectivity index (χ0n) is 20.4. The van der Waals surface area contributed by atoms with Crippen molar-refractivity contribution in [3.63, 3.8) is 0 Å². The summed E-state index contributed by atoms with van der Waals surface area (Å²) < 4.78 is 5.58. The van der Waals surface area contributed by atoms with Gasteiger partial charge in [0.25, 0.3) is 0 Å². The van der Waals surface area contributed by atoms with Crippen LogP contribution in [0.15, 0.2) is 71.3 Å². The molecule has 0 spiro atoms. The maximum absolute atomic E-state index is 13.8. The normalized spacial score (nSPS) is 11.5. The lowest BCUT2D eigenvalue weighted by Gasteiger charge is -2.29. The number of nitrogens with zero attached hydrogens (tertiary/aromatic N) is 2. The molecule has 0 bridgehead atoms. The first kappa shape index (κ1) is 24.9. The van der Waals surface area contributed by atoms with Gasteiger partial charge in [-0.2, -0.15) is 0 Å². The number of carbonyl (C=O) groups excluding carboxylic acids is 2. The number of anilines is 2. The molecule has 2 aromatic carbocycles. The third-order valence-corrected chi connectivity index (χ3v) is 5.66. The van der Waals surface area contributed by atoms with E-state index in [-0.39, 0.29) is 17.9 Å². The smallest absolute Gasteiger partial charge is 0.319 e. The number of furan rings is 1. The molecule has 7 heteroatoms. The van der Waals surface area contributed by atoms with Crippen molar-refractivity contribution in [2.75, 3.05) is 30.9 Å². The monoisotopic (exact) mass is 462 g/mol. The molecule has 0 aliphatic carbocycles. The van der Waals surface area contributed by atoms with Crippen molar-refractivity contribution in [2.24, 2.45) is 0 Å². The number of rotatable bonds is 10. The maximum atomic E-state index is 13.8. The van der Waals surface area contributed by atoms with Gasteiger partial charge in [-0.1, -0.05) is 37.3 Å². The van der Waals surface area contributed by atoms with Crippen molar-refractivity contribution in [1.82, 2.24) is 10.2 Å². The molecule has 0 aliphatic heterocycles. The fourth-order valence-corrected chi connectivity index (χ4v) is 4.03. The minimum absolute atomic E-state index is 0.0388. The molecule has 1 atom stereocenters. The van der Waals surface area contributed by atoms with Crippen LogP contribution in [0.3, 0.4) is 0 Å². The van der Waals surface area contributed by atoms with E-state index in [1.165, 1.54) is 0 Å². The van der Waals surface area contributed by atoms with E-state index in [1.807, 2.05) is 98.4 Å². The van der Waals surface area contributed by atoms with Gasteiger partial charge in [0.05, 0.1) is 18.7 Å². The van der Waals surface area contributed by atoms with Crippen molar-refractivity contribution in [3.05, 3.63) is 83.8 Å². The molecule has 0 fully saturated rings. The van der Waals surface area contributed by atoms with Crippen LogP contribution in [0, 0.1) is 0 Å². The third kappa shape index (κ3) is 6.41. The van der Waals surface area contributed by atoms with Crippen molar-refractivity contribution in [2.45, 2.75) is 39.3 Å². The molecule has 3 amide bonds. The zero-order chi connectivity index (χ0) is 24.5. The van der Waals surface area contributed by atoms with Gasteiger partial charge in [0.15, 0.2) is 0 Å². The van der Waals surface area contributed by atoms with Crippen molar-refractivity contribution >= 4 is 23.3 Å². The van der Waals surface area contributed by atoms with Crippen molar-refractivity contribution in [3.8, 4) is 0 Å². The van der Waals surface area contributed by atoms with Gasteiger partial charge in [0.2, 0.25) is 5.91 Å². The molecule has 0 unspecified atom stereocenters. The predicted molar refractivity (Wildman–Crippen MR) is 136 cm³/mol. The van der Waals surface area contributed by atoms with Gasteiger partial charge in [-0.3, -0.25) is 4.79 Å². The molecule has 3 aromatic rings. The average molecular weight is 463 g/mol. The molecule has 3 rings (SSSR count). The lowest BCUT2D eigenvalue weighted by atomic mass is 9.94. The van der Waals surface area contributed by atoms with Crippen LogP contribution >= 0.6 is 0 Å². The molecule has 34 heavy (non-hydrogen) atoms. The highest BCUT2D eigenvalue weighted by atomic mass is 16.3. The van der Waals surface area contributed by atoms with Gasteiger partial charge in [-0.25, -0.2) is 4.79 Å². The van der Waals surface area contributed by atoms with E-state index in [4.69, 9.17) is 4.42 Å². The Labute approximate surface area is 201 Å². The highest BCUT2D eigenvalue weighted by Crippen LogP contribution is 2.28. The van der Waals surface area contributed by atoms with Gasteiger partial charge in [0, 0.05) is 38.6 Å². The first-order valence-electron chi connectivity index (χ1n) is 11.6. The number of hydrogen-bond acceptors (Lipinski definition) is 4. The molecule has 0 radical (unpaired) electrons. The Morgan fingerprint density at radius 3 is 2.35 bits per heavy atom. The minimum atomic E-state index is -0.260. The molecule has 2 N–H and O–H groups in total. The maximum Gasteiger partial charge on any atom is 0.319 e. The lowest BCUT2D eigenvalue weighted by Crippen LogP contribution is -2.34. The average Bonchev–Trinajstić information content (AvgIpc) is 3.33. The first-order chi connectivity index (χ1) is 16.4. The summed E-state index contributed by atoms with van der Waals surface area (Å²) in [4.78, 5) is 29.7. The van der Waals surface area contributed by atoms with E-state index in [0.717, 1.165) is 22.6 Å². The number of nitrogens with one attached hydrogen (secondary N) is 2. The molecular formula is C27H34N4O3. The van der Waals surface area contributed by atoms with Crippen molar-refractivity contribution < 1.29 is 14.0 Å². The predicted octanol–water partition coefficient (Wildman–Crippen LogP) is 5.21. The molecular weight excluding hydrogens is 428 g/mol. The largest absolute Gasteiger partial charge is 0.467 e. The van der Waals surface area contributed by atoms with Crippen LogP contribution in [0.25, 0.3) is 0 Å². The van der Waals surface area contributed by atoms with E-state index in [2.05, 4.69) is 10.6 Å². The van der Waals surface area contributed by atoms with Gasteiger partial charge in [-0.15, -0.1) is 0 Å². The van der Waals surface area contributed by atoms with Crippen LogP contribution in [0.2, 0.25) is 0 Å². The number of amides is 3. The fraction of sp³-hybridized carbons (Fsp3) is 0.333.